The Hall–Kier alpha value is -2.76. The molecule has 3 N–H and O–H groups in total. The first kappa shape index (κ1) is 13.2. The van der Waals surface area contributed by atoms with Crippen LogP contribution in [-0.2, 0) is 13.0 Å². The van der Waals surface area contributed by atoms with Crippen molar-refractivity contribution in [2.45, 2.75) is 13.0 Å². The lowest BCUT2D eigenvalue weighted by molar-refractivity contribution is 0.0994. The summed E-state index contributed by atoms with van der Waals surface area (Å²) in [5.41, 5.74) is 7.54. The van der Waals surface area contributed by atoms with Crippen LogP contribution in [0.1, 0.15) is 16.1 Å². The maximum atomic E-state index is 11.0. The number of aromatic amines is 1. The summed E-state index contributed by atoms with van der Waals surface area (Å²) in [6, 6.07) is 8.67. The van der Waals surface area contributed by atoms with Gasteiger partial charge in [0.2, 0.25) is 0 Å². The highest BCUT2D eigenvalue weighted by molar-refractivity contribution is 5.90. The Morgan fingerprint density at radius 3 is 3.10 bits per heavy atom. The van der Waals surface area contributed by atoms with E-state index in [0.29, 0.717) is 6.54 Å². The van der Waals surface area contributed by atoms with Gasteiger partial charge in [-0.25, -0.2) is 0 Å². The Balaban J connectivity index is 1.77. The molecule has 0 fully saturated rings. The summed E-state index contributed by atoms with van der Waals surface area (Å²) in [7, 11) is 1.65. The van der Waals surface area contributed by atoms with Crippen LogP contribution in [0, 0.1) is 6.07 Å². The first-order chi connectivity index (χ1) is 10.2. The number of primary amides is 1. The van der Waals surface area contributed by atoms with E-state index in [4.69, 9.17) is 10.5 Å². The lowest BCUT2D eigenvalue weighted by Crippen LogP contribution is -2.13. The SMILES string of the molecule is COc1ccc2c(CCn3c[c]c(C(N)=O)n3)c[nH]c2c1. The summed E-state index contributed by atoms with van der Waals surface area (Å²) >= 11 is 0. The van der Waals surface area contributed by atoms with Crippen molar-refractivity contribution in [2.24, 2.45) is 5.73 Å². The van der Waals surface area contributed by atoms with Crippen molar-refractivity contribution in [3.63, 3.8) is 0 Å². The van der Waals surface area contributed by atoms with Crippen LogP contribution in [0.5, 0.6) is 5.75 Å². The molecular weight excluding hydrogens is 268 g/mol. The number of hydrogen-bond acceptors (Lipinski definition) is 3. The number of rotatable bonds is 5. The second-order valence-corrected chi connectivity index (χ2v) is 4.72. The van der Waals surface area contributed by atoms with Gasteiger partial charge in [0.25, 0.3) is 5.91 Å². The molecule has 3 aromatic rings. The quantitative estimate of drug-likeness (QED) is 0.744. The van der Waals surface area contributed by atoms with E-state index in [1.165, 1.54) is 5.56 Å². The molecule has 0 saturated carbocycles. The van der Waals surface area contributed by atoms with Gasteiger partial charge in [-0.3, -0.25) is 9.48 Å². The third kappa shape index (κ3) is 2.60. The monoisotopic (exact) mass is 283 g/mol. The molecule has 0 saturated heterocycles. The minimum absolute atomic E-state index is 0.165. The fourth-order valence-electron chi connectivity index (χ4n) is 2.29. The molecule has 21 heavy (non-hydrogen) atoms. The third-order valence-electron chi connectivity index (χ3n) is 3.40. The molecule has 0 atom stereocenters. The summed E-state index contributed by atoms with van der Waals surface area (Å²) in [6.45, 7) is 0.656. The zero-order chi connectivity index (χ0) is 14.8. The number of amides is 1. The molecular formula is C15H15N4O2. The predicted molar refractivity (Wildman–Crippen MR) is 78.1 cm³/mol. The van der Waals surface area contributed by atoms with E-state index in [9.17, 15) is 4.79 Å². The molecule has 0 aliphatic heterocycles. The fraction of sp³-hybridized carbons (Fsp3) is 0.200. The summed E-state index contributed by atoms with van der Waals surface area (Å²) in [4.78, 5) is 14.2. The highest BCUT2D eigenvalue weighted by Gasteiger charge is 2.08. The van der Waals surface area contributed by atoms with Gasteiger partial charge in [0.15, 0.2) is 5.69 Å². The van der Waals surface area contributed by atoms with Gasteiger partial charge in [-0.05, 0) is 24.1 Å². The molecule has 3 rings (SSSR count). The number of nitrogens with zero attached hydrogens (tertiary/aromatic N) is 2. The van der Waals surface area contributed by atoms with Crippen molar-refractivity contribution in [2.75, 3.05) is 7.11 Å². The zero-order valence-corrected chi connectivity index (χ0v) is 11.6. The first-order valence-electron chi connectivity index (χ1n) is 6.56. The molecule has 107 valence electrons. The molecule has 0 aliphatic rings. The van der Waals surface area contributed by atoms with Gasteiger partial charge >= 0.3 is 0 Å². The number of carbonyl (C=O) groups excluding carboxylic acids is 1. The van der Waals surface area contributed by atoms with Crippen molar-refractivity contribution >= 4 is 16.8 Å². The van der Waals surface area contributed by atoms with Gasteiger partial charge in [0, 0.05) is 42.0 Å². The van der Waals surface area contributed by atoms with E-state index in [2.05, 4.69) is 16.1 Å². The van der Waals surface area contributed by atoms with Crippen molar-refractivity contribution in [1.82, 2.24) is 14.8 Å². The Morgan fingerprint density at radius 2 is 2.38 bits per heavy atom. The molecule has 0 spiro atoms. The molecule has 0 bridgehead atoms. The van der Waals surface area contributed by atoms with Crippen LogP contribution in [0.2, 0.25) is 0 Å². The Labute approximate surface area is 121 Å². The van der Waals surface area contributed by atoms with Crippen molar-refractivity contribution < 1.29 is 9.53 Å². The molecule has 2 aromatic heterocycles. The maximum Gasteiger partial charge on any atom is 0.269 e. The van der Waals surface area contributed by atoms with Crippen LogP contribution in [-0.4, -0.2) is 27.8 Å². The Kier molecular flexibility index (Phi) is 3.35. The zero-order valence-electron chi connectivity index (χ0n) is 11.6. The minimum atomic E-state index is -0.562. The standard InChI is InChI=1S/C15H15N4O2/c1-21-11-2-3-12-10(9-17-14(12)8-11)4-6-19-7-5-13(18-19)15(16)20/h2-3,7-9,17H,4,6H2,1H3,(H2,16,20). The Morgan fingerprint density at radius 1 is 1.52 bits per heavy atom. The number of methoxy groups -OCH3 is 1. The first-order valence-corrected chi connectivity index (χ1v) is 6.56. The molecule has 0 aliphatic carbocycles. The highest BCUT2D eigenvalue weighted by Crippen LogP contribution is 2.23. The fourth-order valence-corrected chi connectivity index (χ4v) is 2.29. The van der Waals surface area contributed by atoms with E-state index in [0.717, 1.165) is 23.1 Å². The minimum Gasteiger partial charge on any atom is -0.497 e. The van der Waals surface area contributed by atoms with Crippen LogP contribution in [0.4, 0.5) is 0 Å². The number of ether oxygens (including phenoxy) is 1. The number of fused-ring (bicyclic) bond motifs is 1. The number of carbonyl (C=O) groups is 1. The summed E-state index contributed by atoms with van der Waals surface area (Å²) in [6.07, 6.45) is 4.41. The van der Waals surface area contributed by atoms with Gasteiger partial charge in [-0.1, -0.05) is 0 Å². The number of aryl methyl sites for hydroxylation is 2. The number of benzene rings is 1. The van der Waals surface area contributed by atoms with Crippen LogP contribution >= 0.6 is 0 Å². The second-order valence-electron chi connectivity index (χ2n) is 4.72. The lowest BCUT2D eigenvalue weighted by Gasteiger charge is -2.02. The van der Waals surface area contributed by atoms with E-state index >= 15 is 0 Å². The topological polar surface area (TPSA) is 85.9 Å². The summed E-state index contributed by atoms with van der Waals surface area (Å²) in [5.74, 6) is 0.261. The Bertz CT molecular complexity index is 788. The van der Waals surface area contributed by atoms with E-state index < -0.39 is 5.91 Å². The average molecular weight is 283 g/mol. The molecule has 0 unspecified atom stereocenters. The van der Waals surface area contributed by atoms with Crippen molar-refractivity contribution in [1.29, 1.82) is 0 Å². The van der Waals surface area contributed by atoms with Crippen LogP contribution in [0.3, 0.4) is 0 Å². The van der Waals surface area contributed by atoms with Crippen molar-refractivity contribution in [3.8, 4) is 5.75 Å². The van der Waals surface area contributed by atoms with E-state index in [1.807, 2.05) is 24.4 Å². The molecule has 6 heteroatoms. The molecule has 1 aromatic carbocycles. The van der Waals surface area contributed by atoms with Crippen LogP contribution in [0.15, 0.2) is 30.6 Å². The average Bonchev–Trinajstić information content (AvgIpc) is 3.11. The smallest absolute Gasteiger partial charge is 0.269 e. The van der Waals surface area contributed by atoms with E-state index in [-0.39, 0.29) is 5.69 Å². The summed E-state index contributed by atoms with van der Waals surface area (Å²) in [5, 5.41) is 5.23. The predicted octanol–water partition coefficient (Wildman–Crippen LogP) is 1.51. The maximum absolute atomic E-state index is 11.0. The van der Waals surface area contributed by atoms with E-state index in [1.54, 1.807) is 18.0 Å². The van der Waals surface area contributed by atoms with Crippen molar-refractivity contribution in [3.05, 3.63) is 47.9 Å². The largest absolute Gasteiger partial charge is 0.497 e. The number of H-pyrrole nitrogens is 1. The summed E-state index contributed by atoms with van der Waals surface area (Å²) < 4.78 is 6.87. The highest BCUT2D eigenvalue weighted by atomic mass is 16.5. The number of nitrogens with two attached hydrogens (primary N) is 1. The van der Waals surface area contributed by atoms with Crippen LogP contribution < -0.4 is 10.5 Å². The van der Waals surface area contributed by atoms with Gasteiger partial charge < -0.3 is 15.5 Å². The second kappa shape index (κ2) is 5.32. The number of nitrogens with one attached hydrogen (secondary N) is 1. The molecule has 2 heterocycles. The number of aromatic nitrogens is 3. The van der Waals surface area contributed by atoms with Gasteiger partial charge in [0.05, 0.1) is 7.11 Å². The normalized spacial score (nSPS) is 10.9. The lowest BCUT2D eigenvalue weighted by atomic mass is 10.1. The third-order valence-corrected chi connectivity index (χ3v) is 3.40. The van der Waals surface area contributed by atoms with Gasteiger partial charge in [-0.2, -0.15) is 5.10 Å². The molecule has 1 amide bonds. The van der Waals surface area contributed by atoms with Gasteiger partial charge in [0.1, 0.15) is 5.75 Å². The molecule has 6 nitrogen and oxygen atoms in total. The van der Waals surface area contributed by atoms with Gasteiger partial charge in [-0.15, -0.1) is 0 Å². The number of hydrogen-bond donors (Lipinski definition) is 2. The van der Waals surface area contributed by atoms with Crippen LogP contribution in [0.25, 0.3) is 10.9 Å². The molecule has 1 radical (unpaired) electrons.